The first-order chi connectivity index (χ1) is 6.83. The van der Waals surface area contributed by atoms with E-state index < -0.39 is 0 Å². The summed E-state index contributed by atoms with van der Waals surface area (Å²) in [7, 11) is 0. The Kier molecular flexibility index (Phi) is 5.91. The van der Waals surface area contributed by atoms with Crippen LogP contribution in [0.3, 0.4) is 0 Å². The summed E-state index contributed by atoms with van der Waals surface area (Å²) in [6.45, 7) is 4.31. The largest absolute Gasteiger partial charge is 0.379 e. The summed E-state index contributed by atoms with van der Waals surface area (Å²) in [6.07, 6.45) is 0.830. The first-order valence-corrected chi connectivity index (χ1v) is 5.49. The van der Waals surface area contributed by atoms with Crippen LogP contribution in [0, 0.1) is 0 Å². The van der Waals surface area contributed by atoms with Gasteiger partial charge < -0.3 is 10.1 Å². The average Bonchev–Trinajstić information content (AvgIpc) is 2.20. The number of amides is 1. The van der Waals surface area contributed by atoms with E-state index in [1.165, 1.54) is 0 Å². The first kappa shape index (κ1) is 11.8. The Morgan fingerprint density at radius 2 is 2.14 bits per heavy atom. The van der Waals surface area contributed by atoms with Gasteiger partial charge in [-0.25, -0.2) is 0 Å². The highest BCUT2D eigenvalue weighted by molar-refractivity contribution is 6.17. The van der Waals surface area contributed by atoms with Crippen LogP contribution in [0.5, 0.6) is 0 Å². The third-order valence-electron chi connectivity index (χ3n) is 2.10. The molecule has 4 nitrogen and oxygen atoms in total. The molecule has 0 aromatic carbocycles. The molecule has 0 aromatic rings. The van der Waals surface area contributed by atoms with Gasteiger partial charge in [-0.1, -0.05) is 0 Å². The van der Waals surface area contributed by atoms with E-state index in [4.69, 9.17) is 16.3 Å². The molecule has 0 radical (unpaired) electrons. The van der Waals surface area contributed by atoms with E-state index in [2.05, 4.69) is 10.2 Å². The number of ether oxygens (including phenoxy) is 1. The number of hydrogen-bond acceptors (Lipinski definition) is 3. The van der Waals surface area contributed by atoms with Crippen LogP contribution in [-0.4, -0.2) is 56.1 Å². The molecule has 14 heavy (non-hydrogen) atoms. The van der Waals surface area contributed by atoms with Crippen LogP contribution in [0.25, 0.3) is 0 Å². The Hall–Kier alpha value is -0.320. The van der Waals surface area contributed by atoms with Crippen LogP contribution in [0.1, 0.15) is 6.42 Å². The van der Waals surface area contributed by atoms with Crippen molar-refractivity contribution in [2.24, 2.45) is 0 Å². The molecule has 5 heteroatoms. The van der Waals surface area contributed by atoms with Crippen molar-refractivity contribution >= 4 is 17.5 Å². The molecule has 82 valence electrons. The summed E-state index contributed by atoms with van der Waals surface area (Å²) in [5, 5.41) is 2.83. The Labute approximate surface area is 89.5 Å². The summed E-state index contributed by atoms with van der Waals surface area (Å²) in [6, 6.07) is 0. The molecule has 1 N–H and O–H groups in total. The van der Waals surface area contributed by atoms with E-state index in [0.717, 1.165) is 32.7 Å². The van der Waals surface area contributed by atoms with E-state index in [1.807, 2.05) is 0 Å². The van der Waals surface area contributed by atoms with Crippen LogP contribution in [0.15, 0.2) is 0 Å². The van der Waals surface area contributed by atoms with Gasteiger partial charge in [0, 0.05) is 25.5 Å². The number of rotatable bonds is 5. The number of carbonyl (C=O) groups is 1. The predicted octanol–water partition coefficient (Wildman–Crippen LogP) is 0.0637. The zero-order valence-corrected chi connectivity index (χ0v) is 9.05. The van der Waals surface area contributed by atoms with E-state index in [0.29, 0.717) is 19.0 Å². The average molecular weight is 221 g/mol. The lowest BCUT2D eigenvalue weighted by Gasteiger charge is -2.25. The van der Waals surface area contributed by atoms with Crippen LogP contribution in [0.4, 0.5) is 0 Å². The maximum absolute atomic E-state index is 11.3. The standard InChI is InChI=1S/C9H17ClN2O2/c10-2-1-3-11-9(13)8-12-4-6-14-7-5-12/h1-8H2,(H,11,13). The summed E-state index contributed by atoms with van der Waals surface area (Å²) in [4.78, 5) is 13.4. The van der Waals surface area contributed by atoms with Gasteiger partial charge in [0.15, 0.2) is 0 Å². The van der Waals surface area contributed by atoms with Gasteiger partial charge >= 0.3 is 0 Å². The van der Waals surface area contributed by atoms with Gasteiger partial charge in [-0.3, -0.25) is 9.69 Å². The molecule has 1 heterocycles. The van der Waals surface area contributed by atoms with E-state index in [1.54, 1.807) is 0 Å². The molecule has 0 bridgehead atoms. The second-order valence-corrected chi connectivity index (χ2v) is 3.66. The highest BCUT2D eigenvalue weighted by atomic mass is 35.5. The van der Waals surface area contributed by atoms with Crippen molar-refractivity contribution in [3.05, 3.63) is 0 Å². The molecule has 1 rings (SSSR count). The number of nitrogens with zero attached hydrogens (tertiary/aromatic N) is 1. The Morgan fingerprint density at radius 1 is 1.43 bits per heavy atom. The molecular formula is C9H17ClN2O2. The second kappa shape index (κ2) is 7.04. The summed E-state index contributed by atoms with van der Waals surface area (Å²) in [5.41, 5.74) is 0. The monoisotopic (exact) mass is 220 g/mol. The molecule has 1 aliphatic heterocycles. The summed E-state index contributed by atoms with van der Waals surface area (Å²) < 4.78 is 5.19. The van der Waals surface area contributed by atoms with E-state index in [-0.39, 0.29) is 5.91 Å². The Balaban J connectivity index is 2.06. The summed E-state index contributed by atoms with van der Waals surface area (Å²) in [5.74, 6) is 0.676. The van der Waals surface area contributed by atoms with Crippen molar-refractivity contribution in [3.63, 3.8) is 0 Å². The van der Waals surface area contributed by atoms with E-state index >= 15 is 0 Å². The number of morpholine rings is 1. The highest BCUT2D eigenvalue weighted by Crippen LogP contribution is 1.95. The number of nitrogens with one attached hydrogen (secondary N) is 1. The second-order valence-electron chi connectivity index (χ2n) is 3.28. The lowest BCUT2D eigenvalue weighted by molar-refractivity contribution is -0.123. The minimum atomic E-state index is 0.0806. The molecule has 0 saturated carbocycles. The minimum Gasteiger partial charge on any atom is -0.379 e. The number of halogens is 1. The molecule has 0 aliphatic carbocycles. The van der Waals surface area contributed by atoms with Gasteiger partial charge in [0.1, 0.15) is 0 Å². The lowest BCUT2D eigenvalue weighted by atomic mass is 10.4. The number of alkyl halides is 1. The maximum Gasteiger partial charge on any atom is 0.234 e. The van der Waals surface area contributed by atoms with Gasteiger partial charge in [-0.15, -0.1) is 11.6 Å². The van der Waals surface area contributed by atoms with Crippen LogP contribution >= 0.6 is 11.6 Å². The molecule has 1 aliphatic rings. The van der Waals surface area contributed by atoms with Gasteiger partial charge in [0.2, 0.25) is 5.91 Å². The molecule has 1 fully saturated rings. The summed E-state index contributed by atoms with van der Waals surface area (Å²) >= 11 is 5.50. The molecule has 1 amide bonds. The van der Waals surface area contributed by atoms with Crippen LogP contribution in [0.2, 0.25) is 0 Å². The quantitative estimate of drug-likeness (QED) is 0.527. The van der Waals surface area contributed by atoms with Crippen molar-refractivity contribution in [2.45, 2.75) is 6.42 Å². The topological polar surface area (TPSA) is 41.6 Å². The number of hydrogen-bond donors (Lipinski definition) is 1. The smallest absolute Gasteiger partial charge is 0.234 e. The molecule has 0 spiro atoms. The molecule has 1 saturated heterocycles. The van der Waals surface area contributed by atoms with Gasteiger partial charge in [-0.05, 0) is 6.42 Å². The first-order valence-electron chi connectivity index (χ1n) is 4.95. The van der Waals surface area contributed by atoms with Crippen molar-refractivity contribution in [1.29, 1.82) is 0 Å². The normalized spacial score (nSPS) is 18.1. The fourth-order valence-corrected chi connectivity index (χ4v) is 1.45. The number of carbonyl (C=O) groups excluding carboxylic acids is 1. The van der Waals surface area contributed by atoms with Crippen molar-refractivity contribution in [3.8, 4) is 0 Å². The van der Waals surface area contributed by atoms with Crippen LogP contribution < -0.4 is 5.32 Å². The SMILES string of the molecule is O=C(CN1CCOCC1)NCCCCl. The fraction of sp³-hybridized carbons (Fsp3) is 0.889. The van der Waals surface area contributed by atoms with Gasteiger partial charge in [-0.2, -0.15) is 0 Å². The van der Waals surface area contributed by atoms with Crippen molar-refractivity contribution < 1.29 is 9.53 Å². The molecule has 0 aromatic heterocycles. The zero-order valence-electron chi connectivity index (χ0n) is 8.30. The third kappa shape index (κ3) is 4.79. The van der Waals surface area contributed by atoms with E-state index in [9.17, 15) is 4.79 Å². The maximum atomic E-state index is 11.3. The predicted molar refractivity (Wildman–Crippen MR) is 55.6 cm³/mol. The van der Waals surface area contributed by atoms with Crippen molar-refractivity contribution in [1.82, 2.24) is 10.2 Å². The minimum absolute atomic E-state index is 0.0806. The molecule has 0 unspecified atom stereocenters. The Bertz CT molecular complexity index is 172. The van der Waals surface area contributed by atoms with Gasteiger partial charge in [0.25, 0.3) is 0 Å². The fourth-order valence-electron chi connectivity index (χ4n) is 1.31. The zero-order chi connectivity index (χ0) is 10.2. The lowest BCUT2D eigenvalue weighted by Crippen LogP contribution is -2.43. The van der Waals surface area contributed by atoms with Crippen LogP contribution in [-0.2, 0) is 9.53 Å². The van der Waals surface area contributed by atoms with Crippen molar-refractivity contribution in [2.75, 3.05) is 45.3 Å². The molecule has 0 atom stereocenters. The molecular weight excluding hydrogens is 204 g/mol. The van der Waals surface area contributed by atoms with Gasteiger partial charge in [0.05, 0.1) is 19.8 Å². The third-order valence-corrected chi connectivity index (χ3v) is 2.37. The highest BCUT2D eigenvalue weighted by Gasteiger charge is 2.13. The Morgan fingerprint density at radius 3 is 2.79 bits per heavy atom.